The molecule has 1 rings (SSSR count). The van der Waals surface area contributed by atoms with E-state index in [4.69, 9.17) is 34.8 Å². The van der Waals surface area contributed by atoms with Crippen LogP contribution in [0.1, 0.15) is 30.4 Å². The Bertz CT molecular complexity index is 517. The largest absolute Gasteiger partial charge is 0.355 e. The molecular formula is C12H15Cl3N2O2S. The SMILES string of the molecule is CCNC(=O)[C@@H](NC(=O)c1sc(Cl)c(Cl)c1Cl)C(C)C. The summed E-state index contributed by atoms with van der Waals surface area (Å²) in [5.41, 5.74) is 0. The predicted molar refractivity (Wildman–Crippen MR) is 84.1 cm³/mol. The van der Waals surface area contributed by atoms with Gasteiger partial charge in [-0.25, -0.2) is 0 Å². The average Bonchev–Trinajstić information content (AvgIpc) is 2.63. The molecule has 0 spiro atoms. The van der Waals surface area contributed by atoms with Crippen LogP contribution >= 0.6 is 46.1 Å². The molecule has 1 atom stereocenters. The van der Waals surface area contributed by atoms with E-state index in [0.29, 0.717) is 6.54 Å². The molecule has 0 saturated carbocycles. The van der Waals surface area contributed by atoms with Gasteiger partial charge in [0.25, 0.3) is 5.91 Å². The molecule has 0 saturated heterocycles. The van der Waals surface area contributed by atoms with Gasteiger partial charge in [-0.3, -0.25) is 9.59 Å². The van der Waals surface area contributed by atoms with Crippen LogP contribution in [0, 0.1) is 5.92 Å². The summed E-state index contributed by atoms with van der Waals surface area (Å²) in [5, 5.41) is 5.60. The number of amides is 2. The van der Waals surface area contributed by atoms with E-state index >= 15 is 0 Å². The van der Waals surface area contributed by atoms with Crippen molar-refractivity contribution >= 4 is 58.0 Å². The van der Waals surface area contributed by atoms with Gasteiger partial charge in [-0.1, -0.05) is 48.7 Å². The molecule has 2 N–H and O–H groups in total. The minimum atomic E-state index is -0.641. The molecule has 0 aromatic carbocycles. The quantitative estimate of drug-likeness (QED) is 0.846. The molecule has 8 heteroatoms. The second-order valence-corrected chi connectivity index (χ2v) is 6.80. The molecule has 4 nitrogen and oxygen atoms in total. The fraction of sp³-hybridized carbons (Fsp3) is 0.500. The average molecular weight is 358 g/mol. The highest BCUT2D eigenvalue weighted by Crippen LogP contribution is 2.40. The smallest absolute Gasteiger partial charge is 0.263 e. The van der Waals surface area contributed by atoms with Gasteiger partial charge in [-0.15, -0.1) is 11.3 Å². The molecular weight excluding hydrogens is 343 g/mol. The van der Waals surface area contributed by atoms with E-state index in [2.05, 4.69) is 10.6 Å². The van der Waals surface area contributed by atoms with E-state index in [9.17, 15) is 9.59 Å². The molecule has 0 fully saturated rings. The molecule has 1 heterocycles. The van der Waals surface area contributed by atoms with Crippen molar-refractivity contribution in [2.24, 2.45) is 5.92 Å². The predicted octanol–water partition coefficient (Wildman–Crippen LogP) is 3.60. The van der Waals surface area contributed by atoms with Gasteiger partial charge in [0.1, 0.15) is 15.3 Å². The number of hydrogen-bond acceptors (Lipinski definition) is 3. The van der Waals surface area contributed by atoms with E-state index in [0.717, 1.165) is 11.3 Å². The maximum Gasteiger partial charge on any atom is 0.263 e. The lowest BCUT2D eigenvalue weighted by Crippen LogP contribution is -2.49. The van der Waals surface area contributed by atoms with Crippen molar-refractivity contribution < 1.29 is 9.59 Å². The van der Waals surface area contributed by atoms with Crippen LogP contribution in [0.15, 0.2) is 0 Å². The first-order valence-electron chi connectivity index (χ1n) is 6.01. The summed E-state index contributed by atoms with van der Waals surface area (Å²) < 4.78 is 0.251. The Kier molecular flexibility index (Phi) is 6.58. The second-order valence-electron chi connectivity index (χ2n) is 4.42. The summed E-state index contributed by atoms with van der Waals surface area (Å²) in [6.45, 7) is 5.99. The Labute approximate surface area is 136 Å². The minimum Gasteiger partial charge on any atom is -0.355 e. The standard InChI is InChI=1S/C12H15Cl3N2O2S/c1-4-16-11(18)8(5(2)3)17-12(19)9-6(13)7(14)10(15)20-9/h5,8H,4H2,1-3H3,(H,16,18)(H,17,19)/t8-/m0/s1. The number of rotatable bonds is 5. The molecule has 1 aromatic heterocycles. The van der Waals surface area contributed by atoms with Crippen LogP contribution in [0.2, 0.25) is 14.4 Å². The van der Waals surface area contributed by atoms with Gasteiger partial charge in [-0.05, 0) is 12.8 Å². The Morgan fingerprint density at radius 3 is 2.20 bits per heavy atom. The lowest BCUT2D eigenvalue weighted by molar-refractivity contribution is -0.123. The van der Waals surface area contributed by atoms with Gasteiger partial charge in [0.15, 0.2) is 0 Å². The van der Waals surface area contributed by atoms with Crippen LogP contribution in [0.4, 0.5) is 0 Å². The van der Waals surface area contributed by atoms with Crippen molar-refractivity contribution in [1.82, 2.24) is 10.6 Å². The summed E-state index contributed by atoms with van der Waals surface area (Å²) in [4.78, 5) is 24.3. The van der Waals surface area contributed by atoms with Crippen molar-refractivity contribution in [3.63, 3.8) is 0 Å². The third-order valence-electron chi connectivity index (χ3n) is 2.55. The highest BCUT2D eigenvalue weighted by molar-refractivity contribution is 7.19. The zero-order valence-electron chi connectivity index (χ0n) is 11.2. The molecule has 0 aliphatic carbocycles. The fourth-order valence-electron chi connectivity index (χ4n) is 1.54. The second kappa shape index (κ2) is 7.50. The number of nitrogens with one attached hydrogen (secondary N) is 2. The molecule has 0 aliphatic rings. The molecule has 20 heavy (non-hydrogen) atoms. The van der Waals surface area contributed by atoms with Crippen LogP contribution in [0.25, 0.3) is 0 Å². The first kappa shape index (κ1) is 17.6. The Morgan fingerprint density at radius 1 is 1.20 bits per heavy atom. The number of hydrogen-bond donors (Lipinski definition) is 2. The van der Waals surface area contributed by atoms with Gasteiger partial charge in [-0.2, -0.15) is 0 Å². The number of halogens is 3. The topological polar surface area (TPSA) is 58.2 Å². The molecule has 1 aromatic rings. The number of thiophene rings is 1. The first-order valence-corrected chi connectivity index (χ1v) is 7.96. The lowest BCUT2D eigenvalue weighted by Gasteiger charge is -2.21. The zero-order valence-corrected chi connectivity index (χ0v) is 14.3. The summed E-state index contributed by atoms with van der Waals surface area (Å²) in [6, 6.07) is -0.641. The van der Waals surface area contributed by atoms with Crippen LogP contribution in [0.3, 0.4) is 0 Å². The van der Waals surface area contributed by atoms with Crippen molar-refractivity contribution in [3.05, 3.63) is 19.3 Å². The van der Waals surface area contributed by atoms with Crippen molar-refractivity contribution in [3.8, 4) is 0 Å². The normalized spacial score (nSPS) is 12.3. The number of carbonyl (C=O) groups excluding carboxylic acids is 2. The van der Waals surface area contributed by atoms with E-state index in [-0.39, 0.29) is 31.1 Å². The first-order chi connectivity index (χ1) is 9.29. The van der Waals surface area contributed by atoms with Gasteiger partial charge < -0.3 is 10.6 Å². The molecule has 2 amide bonds. The van der Waals surface area contributed by atoms with Crippen molar-refractivity contribution in [2.75, 3.05) is 6.54 Å². The molecule has 112 valence electrons. The van der Waals surface area contributed by atoms with E-state index in [1.165, 1.54) is 0 Å². The van der Waals surface area contributed by atoms with Gasteiger partial charge in [0.05, 0.1) is 10.0 Å². The molecule has 0 radical (unpaired) electrons. The van der Waals surface area contributed by atoms with E-state index in [1.54, 1.807) is 0 Å². The number of carbonyl (C=O) groups is 2. The zero-order chi connectivity index (χ0) is 15.4. The van der Waals surface area contributed by atoms with Crippen LogP contribution < -0.4 is 10.6 Å². The summed E-state index contributed by atoms with van der Waals surface area (Å²) in [5.74, 6) is -0.755. The van der Waals surface area contributed by atoms with E-state index < -0.39 is 11.9 Å². The summed E-state index contributed by atoms with van der Waals surface area (Å²) in [7, 11) is 0. The van der Waals surface area contributed by atoms with E-state index in [1.807, 2.05) is 20.8 Å². The van der Waals surface area contributed by atoms with Crippen LogP contribution in [0.5, 0.6) is 0 Å². The maximum absolute atomic E-state index is 12.2. The summed E-state index contributed by atoms with van der Waals surface area (Å²) >= 11 is 18.6. The van der Waals surface area contributed by atoms with Crippen LogP contribution in [-0.2, 0) is 4.79 Å². The monoisotopic (exact) mass is 356 g/mol. The summed E-state index contributed by atoms with van der Waals surface area (Å²) in [6.07, 6.45) is 0. The highest BCUT2D eigenvalue weighted by atomic mass is 35.5. The maximum atomic E-state index is 12.2. The lowest BCUT2D eigenvalue weighted by atomic mass is 10.0. The molecule has 0 bridgehead atoms. The third kappa shape index (κ3) is 4.01. The molecule has 0 unspecified atom stereocenters. The van der Waals surface area contributed by atoms with Gasteiger partial charge in [0, 0.05) is 6.54 Å². The van der Waals surface area contributed by atoms with Gasteiger partial charge in [0.2, 0.25) is 5.91 Å². The fourth-order valence-corrected chi connectivity index (χ4v) is 3.24. The number of likely N-dealkylation sites (N-methyl/N-ethyl adjacent to an activating group) is 1. The van der Waals surface area contributed by atoms with Crippen LogP contribution in [-0.4, -0.2) is 24.4 Å². The third-order valence-corrected chi connectivity index (χ3v) is 5.12. The van der Waals surface area contributed by atoms with Crippen molar-refractivity contribution in [1.29, 1.82) is 0 Å². The minimum absolute atomic E-state index is 0.0600. The highest BCUT2D eigenvalue weighted by Gasteiger charge is 2.27. The molecule has 0 aliphatic heterocycles. The Hall–Kier alpha value is -0.490. The Morgan fingerprint density at radius 2 is 1.80 bits per heavy atom. The van der Waals surface area contributed by atoms with Gasteiger partial charge >= 0.3 is 0 Å². The Balaban J connectivity index is 2.91. The van der Waals surface area contributed by atoms with Crippen molar-refractivity contribution in [2.45, 2.75) is 26.8 Å².